The van der Waals surface area contributed by atoms with Crippen molar-refractivity contribution in [3.8, 4) is 5.75 Å². The molecule has 2 aromatic rings. The van der Waals surface area contributed by atoms with Gasteiger partial charge in [0.2, 0.25) is 0 Å². The lowest BCUT2D eigenvalue weighted by atomic mass is 10.2. The Kier molecular flexibility index (Phi) is 3.61. The van der Waals surface area contributed by atoms with E-state index in [1.807, 2.05) is 0 Å². The Bertz CT molecular complexity index is 617. The number of carboxylic acid groups (broad SMARTS) is 1. The van der Waals surface area contributed by atoms with Gasteiger partial charge >= 0.3 is 5.97 Å². The molecule has 0 saturated heterocycles. The fraction of sp³-hybridized carbons (Fsp3) is 0.0769. The maximum atomic E-state index is 13.7. The number of methoxy groups -OCH3 is 1. The molecular weight excluding hydrogens is 251 g/mol. The van der Waals surface area contributed by atoms with E-state index in [9.17, 15) is 9.18 Å². The summed E-state index contributed by atoms with van der Waals surface area (Å²) in [7, 11) is 1.44. The molecule has 0 saturated carbocycles. The number of carbonyl (C=O) groups is 1. The van der Waals surface area contributed by atoms with Crippen molar-refractivity contribution in [2.45, 2.75) is 0 Å². The number of nitrogens with zero attached hydrogens (tertiary/aromatic N) is 1. The number of carboxylic acids is 1. The summed E-state index contributed by atoms with van der Waals surface area (Å²) in [4.78, 5) is 14.8. The van der Waals surface area contributed by atoms with Crippen LogP contribution in [0.3, 0.4) is 0 Å². The van der Waals surface area contributed by atoms with Crippen LogP contribution in [0.15, 0.2) is 36.7 Å². The van der Waals surface area contributed by atoms with Crippen LogP contribution in [0.2, 0.25) is 0 Å². The molecule has 1 aromatic carbocycles. The molecule has 0 fully saturated rings. The molecule has 0 bridgehead atoms. The van der Waals surface area contributed by atoms with E-state index in [2.05, 4.69) is 10.3 Å². The topological polar surface area (TPSA) is 71.5 Å². The van der Waals surface area contributed by atoms with Crippen molar-refractivity contribution in [3.05, 3.63) is 48.0 Å². The second-order valence-electron chi connectivity index (χ2n) is 3.70. The first-order chi connectivity index (χ1) is 9.11. The molecule has 0 aliphatic heterocycles. The van der Waals surface area contributed by atoms with Crippen molar-refractivity contribution in [2.75, 3.05) is 12.4 Å². The van der Waals surface area contributed by atoms with Gasteiger partial charge in [-0.25, -0.2) is 9.18 Å². The maximum absolute atomic E-state index is 13.7. The maximum Gasteiger partial charge on any atom is 0.337 e. The number of aromatic carboxylic acids is 1. The fourth-order valence-electron chi connectivity index (χ4n) is 1.55. The Balaban J connectivity index is 2.34. The number of hydrogen-bond donors (Lipinski definition) is 2. The first kappa shape index (κ1) is 12.8. The number of nitrogens with one attached hydrogen (secondary N) is 1. The standard InChI is InChI=1S/C13H11FN2O3/c1-19-8-2-3-11(10(14)6-8)16-12-7-15-5-4-9(12)13(17)18/h2-7,16H,1H3,(H,17,18). The van der Waals surface area contributed by atoms with Gasteiger partial charge in [-0.15, -0.1) is 0 Å². The lowest BCUT2D eigenvalue weighted by Crippen LogP contribution is -2.04. The highest BCUT2D eigenvalue weighted by Crippen LogP contribution is 2.25. The monoisotopic (exact) mass is 262 g/mol. The van der Waals surface area contributed by atoms with Gasteiger partial charge in [0.1, 0.15) is 11.6 Å². The molecule has 6 heteroatoms. The number of pyridine rings is 1. The van der Waals surface area contributed by atoms with E-state index < -0.39 is 11.8 Å². The highest BCUT2D eigenvalue weighted by molar-refractivity contribution is 5.94. The zero-order valence-corrected chi connectivity index (χ0v) is 10.1. The number of aromatic nitrogens is 1. The van der Waals surface area contributed by atoms with Gasteiger partial charge in [-0.3, -0.25) is 4.98 Å². The minimum atomic E-state index is -1.11. The van der Waals surface area contributed by atoms with Crippen LogP contribution in [0.25, 0.3) is 0 Å². The molecule has 98 valence electrons. The van der Waals surface area contributed by atoms with Gasteiger partial charge in [0.05, 0.1) is 30.2 Å². The third kappa shape index (κ3) is 2.79. The molecule has 19 heavy (non-hydrogen) atoms. The normalized spacial score (nSPS) is 10.0. The Labute approximate surface area is 108 Å². The van der Waals surface area contributed by atoms with Crippen molar-refractivity contribution in [3.63, 3.8) is 0 Å². The first-order valence-corrected chi connectivity index (χ1v) is 5.39. The number of benzene rings is 1. The molecule has 2 N–H and O–H groups in total. The zero-order chi connectivity index (χ0) is 13.8. The first-order valence-electron chi connectivity index (χ1n) is 5.39. The van der Waals surface area contributed by atoms with Gasteiger partial charge in [-0.1, -0.05) is 0 Å². The summed E-state index contributed by atoms with van der Waals surface area (Å²) in [6.45, 7) is 0. The summed E-state index contributed by atoms with van der Waals surface area (Å²) in [5, 5.41) is 11.7. The van der Waals surface area contributed by atoms with Crippen LogP contribution < -0.4 is 10.1 Å². The molecule has 0 unspecified atom stereocenters. The Hall–Kier alpha value is -2.63. The van der Waals surface area contributed by atoms with Crippen molar-refractivity contribution < 1.29 is 19.0 Å². The average Bonchev–Trinajstić information content (AvgIpc) is 2.41. The number of halogens is 1. The van der Waals surface area contributed by atoms with Crippen LogP contribution in [0.5, 0.6) is 5.75 Å². The highest BCUT2D eigenvalue weighted by atomic mass is 19.1. The van der Waals surface area contributed by atoms with Crippen LogP contribution in [-0.2, 0) is 0 Å². The van der Waals surface area contributed by atoms with E-state index in [4.69, 9.17) is 9.84 Å². The van der Waals surface area contributed by atoms with Crippen LogP contribution in [0.4, 0.5) is 15.8 Å². The molecule has 1 heterocycles. The molecule has 0 amide bonds. The molecule has 0 aliphatic carbocycles. The van der Waals surface area contributed by atoms with E-state index in [0.717, 1.165) is 0 Å². The Morgan fingerprint density at radius 1 is 1.37 bits per heavy atom. The summed E-state index contributed by atoms with van der Waals surface area (Å²) in [6, 6.07) is 5.58. The molecule has 1 aromatic heterocycles. The predicted octanol–water partition coefficient (Wildman–Crippen LogP) is 2.67. The zero-order valence-electron chi connectivity index (χ0n) is 10.1. The van der Waals surface area contributed by atoms with E-state index >= 15 is 0 Å². The van der Waals surface area contributed by atoms with E-state index in [0.29, 0.717) is 5.75 Å². The van der Waals surface area contributed by atoms with Gasteiger partial charge in [0, 0.05) is 12.3 Å². The van der Waals surface area contributed by atoms with Crippen LogP contribution in [-0.4, -0.2) is 23.2 Å². The van der Waals surface area contributed by atoms with Crippen molar-refractivity contribution in [1.29, 1.82) is 0 Å². The molecular formula is C13H11FN2O3. The molecule has 0 spiro atoms. The smallest absolute Gasteiger partial charge is 0.337 e. The second-order valence-corrected chi connectivity index (χ2v) is 3.70. The van der Waals surface area contributed by atoms with Crippen LogP contribution in [0.1, 0.15) is 10.4 Å². The van der Waals surface area contributed by atoms with E-state index in [1.165, 1.54) is 37.7 Å². The molecule has 0 radical (unpaired) electrons. The van der Waals surface area contributed by atoms with Gasteiger partial charge in [-0.2, -0.15) is 0 Å². The Morgan fingerprint density at radius 2 is 2.16 bits per heavy atom. The van der Waals surface area contributed by atoms with Crippen molar-refractivity contribution >= 4 is 17.3 Å². The number of anilines is 2. The Morgan fingerprint density at radius 3 is 2.79 bits per heavy atom. The summed E-state index contributed by atoms with van der Waals surface area (Å²) in [6.07, 6.45) is 2.69. The molecule has 2 rings (SSSR count). The summed E-state index contributed by atoms with van der Waals surface area (Å²) < 4.78 is 18.6. The third-order valence-corrected chi connectivity index (χ3v) is 2.50. The van der Waals surface area contributed by atoms with Crippen LogP contribution in [0, 0.1) is 5.82 Å². The largest absolute Gasteiger partial charge is 0.497 e. The van der Waals surface area contributed by atoms with Gasteiger partial charge < -0.3 is 15.2 Å². The predicted molar refractivity (Wildman–Crippen MR) is 67.4 cm³/mol. The van der Waals surface area contributed by atoms with Crippen LogP contribution >= 0.6 is 0 Å². The van der Waals surface area contributed by atoms with Gasteiger partial charge in [0.15, 0.2) is 0 Å². The van der Waals surface area contributed by atoms with E-state index in [1.54, 1.807) is 6.07 Å². The third-order valence-electron chi connectivity index (χ3n) is 2.50. The molecule has 0 atom stereocenters. The van der Waals surface area contributed by atoms with E-state index in [-0.39, 0.29) is 16.9 Å². The van der Waals surface area contributed by atoms with Crippen molar-refractivity contribution in [1.82, 2.24) is 4.98 Å². The highest BCUT2D eigenvalue weighted by Gasteiger charge is 2.11. The lowest BCUT2D eigenvalue weighted by Gasteiger charge is -2.10. The minimum Gasteiger partial charge on any atom is -0.497 e. The minimum absolute atomic E-state index is 0.0187. The lowest BCUT2D eigenvalue weighted by molar-refractivity contribution is 0.0698. The SMILES string of the molecule is COc1ccc(Nc2cnccc2C(=O)O)c(F)c1. The number of hydrogen-bond acceptors (Lipinski definition) is 4. The average molecular weight is 262 g/mol. The number of ether oxygens (including phenoxy) is 1. The quantitative estimate of drug-likeness (QED) is 0.886. The number of rotatable bonds is 4. The fourth-order valence-corrected chi connectivity index (χ4v) is 1.55. The molecule has 5 nitrogen and oxygen atoms in total. The summed E-state index contributed by atoms with van der Waals surface area (Å²) >= 11 is 0. The van der Waals surface area contributed by atoms with Gasteiger partial charge in [0.25, 0.3) is 0 Å². The second kappa shape index (κ2) is 5.34. The molecule has 0 aliphatic rings. The van der Waals surface area contributed by atoms with Gasteiger partial charge in [-0.05, 0) is 18.2 Å². The van der Waals surface area contributed by atoms with Crippen molar-refractivity contribution in [2.24, 2.45) is 0 Å². The summed E-state index contributed by atoms with van der Waals surface area (Å²) in [5.74, 6) is -1.27. The summed E-state index contributed by atoms with van der Waals surface area (Å²) in [5.41, 5.74) is 0.389.